The van der Waals surface area contributed by atoms with E-state index in [1.54, 1.807) is 6.07 Å². The van der Waals surface area contributed by atoms with Gasteiger partial charge in [0.25, 0.3) is 0 Å². The van der Waals surface area contributed by atoms with E-state index in [0.29, 0.717) is 12.8 Å². The summed E-state index contributed by atoms with van der Waals surface area (Å²) in [5.41, 5.74) is 2.05. The van der Waals surface area contributed by atoms with Crippen LogP contribution in [0.1, 0.15) is 18.4 Å². The number of anilines is 2. The molecule has 2 fully saturated rings. The molecule has 2 saturated heterocycles. The quantitative estimate of drug-likeness (QED) is 0.697. The highest BCUT2D eigenvalue weighted by Crippen LogP contribution is 2.25. The molecule has 0 atom stereocenters. The predicted octanol–water partition coefficient (Wildman–Crippen LogP) is 2.76. The van der Waals surface area contributed by atoms with E-state index in [1.165, 1.54) is 22.5 Å². The largest absolute Gasteiger partial charge is 0.369 e. The normalized spacial score (nSPS) is 18.9. The van der Waals surface area contributed by atoms with Crippen LogP contribution >= 0.6 is 0 Å². The average Bonchev–Trinajstić information content (AvgIpc) is 2.82. The minimum Gasteiger partial charge on any atom is -0.369 e. The Morgan fingerprint density at radius 3 is 2.24 bits per heavy atom. The second-order valence-electron chi connectivity index (χ2n) is 8.85. The molecule has 0 radical (unpaired) electrons. The molecular formula is C24H31FN4O3S. The van der Waals surface area contributed by atoms with Gasteiger partial charge >= 0.3 is 0 Å². The summed E-state index contributed by atoms with van der Waals surface area (Å²) >= 11 is 0. The number of likely N-dealkylation sites (N-methyl/N-ethyl adjacent to an activating group) is 1. The van der Waals surface area contributed by atoms with Gasteiger partial charge in [0.1, 0.15) is 5.82 Å². The van der Waals surface area contributed by atoms with Gasteiger partial charge in [-0.05, 0) is 50.2 Å². The van der Waals surface area contributed by atoms with Gasteiger partial charge in [-0.25, -0.2) is 17.1 Å². The van der Waals surface area contributed by atoms with Crippen molar-refractivity contribution in [3.63, 3.8) is 0 Å². The van der Waals surface area contributed by atoms with Gasteiger partial charge < -0.3 is 15.1 Å². The number of carbonyl (C=O) groups is 1. The first-order valence-electron chi connectivity index (χ1n) is 11.4. The Balaban J connectivity index is 1.28. The number of halogens is 1. The molecule has 2 aliphatic heterocycles. The van der Waals surface area contributed by atoms with Crippen LogP contribution in [0, 0.1) is 11.7 Å². The van der Waals surface area contributed by atoms with E-state index in [0.717, 1.165) is 37.6 Å². The summed E-state index contributed by atoms with van der Waals surface area (Å²) in [7, 11) is -1.51. The minimum atomic E-state index is -3.63. The molecule has 2 heterocycles. The minimum absolute atomic E-state index is 0.0894. The number of sulfonamides is 1. The van der Waals surface area contributed by atoms with Crippen molar-refractivity contribution in [3.05, 3.63) is 59.9 Å². The maximum absolute atomic E-state index is 13.9. The lowest BCUT2D eigenvalue weighted by atomic mass is 9.97. The monoisotopic (exact) mass is 474 g/mol. The summed E-state index contributed by atoms with van der Waals surface area (Å²) in [5, 5.41) is 2.97. The number of piperidine rings is 1. The number of hydrogen-bond acceptors (Lipinski definition) is 5. The van der Waals surface area contributed by atoms with Gasteiger partial charge in [0, 0.05) is 62.1 Å². The fourth-order valence-electron chi connectivity index (χ4n) is 4.36. The van der Waals surface area contributed by atoms with E-state index in [4.69, 9.17) is 0 Å². The number of nitrogens with zero attached hydrogens (tertiary/aromatic N) is 3. The van der Waals surface area contributed by atoms with Gasteiger partial charge in [0.2, 0.25) is 15.9 Å². The van der Waals surface area contributed by atoms with Gasteiger partial charge in [-0.3, -0.25) is 4.79 Å². The summed E-state index contributed by atoms with van der Waals surface area (Å²) < 4.78 is 40.7. The van der Waals surface area contributed by atoms with Crippen molar-refractivity contribution in [2.45, 2.75) is 18.6 Å². The Hall–Kier alpha value is -2.49. The second kappa shape index (κ2) is 10.2. The number of amides is 1. The van der Waals surface area contributed by atoms with E-state index < -0.39 is 15.8 Å². The Labute approximate surface area is 195 Å². The number of nitrogens with one attached hydrogen (secondary N) is 1. The van der Waals surface area contributed by atoms with Gasteiger partial charge in [-0.1, -0.05) is 18.2 Å². The molecule has 0 saturated carbocycles. The molecular weight excluding hydrogens is 443 g/mol. The molecule has 33 heavy (non-hydrogen) atoms. The Morgan fingerprint density at radius 2 is 1.61 bits per heavy atom. The molecule has 7 nitrogen and oxygen atoms in total. The van der Waals surface area contributed by atoms with Gasteiger partial charge in [-0.15, -0.1) is 0 Å². The molecule has 0 spiro atoms. The van der Waals surface area contributed by atoms with Crippen molar-refractivity contribution in [1.82, 2.24) is 9.21 Å². The fourth-order valence-corrected chi connectivity index (χ4v) is 5.94. The van der Waals surface area contributed by atoms with Crippen LogP contribution in [-0.2, 0) is 20.6 Å². The first-order chi connectivity index (χ1) is 15.8. The van der Waals surface area contributed by atoms with Crippen molar-refractivity contribution in [2.75, 3.05) is 56.5 Å². The molecule has 178 valence electrons. The van der Waals surface area contributed by atoms with Crippen molar-refractivity contribution in [3.8, 4) is 0 Å². The molecule has 0 aromatic heterocycles. The van der Waals surface area contributed by atoms with Crippen LogP contribution in [0.4, 0.5) is 15.8 Å². The predicted molar refractivity (Wildman–Crippen MR) is 128 cm³/mol. The number of piperazine rings is 1. The molecule has 2 aromatic carbocycles. The third-order valence-corrected chi connectivity index (χ3v) is 8.34. The molecule has 0 bridgehead atoms. The summed E-state index contributed by atoms with van der Waals surface area (Å²) in [5.74, 6) is -1.22. The number of rotatable bonds is 6. The summed E-state index contributed by atoms with van der Waals surface area (Å²) in [4.78, 5) is 17.4. The topological polar surface area (TPSA) is 73.0 Å². The van der Waals surface area contributed by atoms with Crippen LogP contribution in [0.2, 0.25) is 0 Å². The van der Waals surface area contributed by atoms with Crippen LogP contribution < -0.4 is 10.2 Å². The highest BCUT2D eigenvalue weighted by molar-refractivity contribution is 7.88. The van der Waals surface area contributed by atoms with E-state index >= 15 is 0 Å². The Kier molecular flexibility index (Phi) is 7.31. The molecule has 2 aliphatic rings. The SMILES string of the molecule is CN1CCN(c2ccc(NC(=O)C3CCN(S(=O)(=O)Cc4ccccc4F)CC3)cc2)CC1. The standard InChI is InChI=1S/C24H31FN4O3S/c1-27-14-16-28(17-15-27)22-8-6-21(7-9-22)26-24(30)19-10-12-29(13-11-19)33(31,32)18-20-4-2-3-5-23(20)25/h2-9,19H,10-18H2,1H3,(H,26,30). The van der Waals surface area contributed by atoms with Crippen molar-refractivity contribution >= 4 is 27.3 Å². The summed E-state index contributed by atoms with van der Waals surface area (Å²) in [6.07, 6.45) is 0.892. The Morgan fingerprint density at radius 1 is 0.970 bits per heavy atom. The zero-order valence-electron chi connectivity index (χ0n) is 18.9. The molecule has 4 rings (SSSR count). The summed E-state index contributed by atoms with van der Waals surface area (Å²) in [6, 6.07) is 13.8. The molecule has 0 aliphatic carbocycles. The first kappa shape index (κ1) is 23.7. The summed E-state index contributed by atoms with van der Waals surface area (Å²) in [6.45, 7) is 4.57. The fraction of sp³-hybridized carbons (Fsp3) is 0.458. The lowest BCUT2D eigenvalue weighted by Gasteiger charge is -2.34. The van der Waals surface area contributed by atoms with Crippen LogP contribution in [0.25, 0.3) is 0 Å². The van der Waals surface area contributed by atoms with E-state index in [2.05, 4.69) is 22.2 Å². The zero-order chi connectivity index (χ0) is 23.4. The van der Waals surface area contributed by atoms with Crippen molar-refractivity contribution < 1.29 is 17.6 Å². The van der Waals surface area contributed by atoms with Gasteiger partial charge in [-0.2, -0.15) is 0 Å². The maximum Gasteiger partial charge on any atom is 0.227 e. The van der Waals surface area contributed by atoms with Crippen LogP contribution in [0.3, 0.4) is 0 Å². The van der Waals surface area contributed by atoms with Crippen LogP contribution in [0.5, 0.6) is 0 Å². The third-order valence-electron chi connectivity index (χ3n) is 6.52. The van der Waals surface area contributed by atoms with E-state index in [-0.39, 0.29) is 36.2 Å². The molecule has 2 aromatic rings. The van der Waals surface area contributed by atoms with E-state index in [1.807, 2.05) is 24.3 Å². The number of hydrogen-bond donors (Lipinski definition) is 1. The zero-order valence-corrected chi connectivity index (χ0v) is 19.7. The maximum atomic E-state index is 13.9. The smallest absolute Gasteiger partial charge is 0.227 e. The van der Waals surface area contributed by atoms with Crippen LogP contribution in [-0.4, -0.2) is 69.8 Å². The van der Waals surface area contributed by atoms with Crippen molar-refractivity contribution in [1.29, 1.82) is 0 Å². The average molecular weight is 475 g/mol. The van der Waals surface area contributed by atoms with Gasteiger partial charge in [0.15, 0.2) is 0 Å². The molecule has 1 N–H and O–H groups in total. The van der Waals surface area contributed by atoms with Crippen molar-refractivity contribution in [2.24, 2.45) is 5.92 Å². The number of benzene rings is 2. The highest BCUT2D eigenvalue weighted by Gasteiger charge is 2.31. The van der Waals surface area contributed by atoms with Crippen LogP contribution in [0.15, 0.2) is 48.5 Å². The van der Waals surface area contributed by atoms with Gasteiger partial charge in [0.05, 0.1) is 5.75 Å². The molecule has 0 unspecified atom stereocenters. The molecule has 9 heteroatoms. The highest BCUT2D eigenvalue weighted by atomic mass is 32.2. The molecule has 1 amide bonds. The lowest BCUT2D eigenvalue weighted by molar-refractivity contribution is -0.120. The second-order valence-corrected chi connectivity index (χ2v) is 10.8. The first-order valence-corrected chi connectivity index (χ1v) is 13.0. The third kappa shape index (κ3) is 5.90. The Bertz CT molecular complexity index is 1060. The lowest BCUT2D eigenvalue weighted by Crippen LogP contribution is -2.44. The number of carbonyl (C=O) groups excluding carboxylic acids is 1. The van der Waals surface area contributed by atoms with E-state index in [9.17, 15) is 17.6 Å².